The van der Waals surface area contributed by atoms with Gasteiger partial charge in [-0.25, -0.2) is 0 Å². The standard InChI is InChI=1S/C7H18N4O/c1-5(12)6(8)3-2-4-11-7(9)10/h5-6,12H,2-4,8H2,1H3,(H4,9,10,11)/t5?,6-/m1/s1. The number of aliphatic imine (C=N–C) groups is 1. The molecule has 0 aliphatic rings. The van der Waals surface area contributed by atoms with Crippen LogP contribution in [0, 0.1) is 0 Å². The van der Waals surface area contributed by atoms with Crippen molar-refractivity contribution in [2.24, 2.45) is 22.2 Å². The maximum atomic E-state index is 9.02. The first-order valence-electron chi connectivity index (χ1n) is 4.03. The van der Waals surface area contributed by atoms with Crippen LogP contribution in [0.1, 0.15) is 19.8 Å². The minimum absolute atomic E-state index is 0.0978. The molecule has 5 nitrogen and oxygen atoms in total. The highest BCUT2D eigenvalue weighted by Crippen LogP contribution is 1.99. The SMILES string of the molecule is CC(O)[C@H](N)CCCN=C(N)N. The van der Waals surface area contributed by atoms with E-state index < -0.39 is 6.10 Å². The van der Waals surface area contributed by atoms with Gasteiger partial charge < -0.3 is 22.3 Å². The quantitative estimate of drug-likeness (QED) is 0.237. The maximum Gasteiger partial charge on any atom is 0.185 e. The van der Waals surface area contributed by atoms with E-state index in [-0.39, 0.29) is 12.0 Å². The largest absolute Gasteiger partial charge is 0.392 e. The van der Waals surface area contributed by atoms with Crippen LogP contribution in [0.2, 0.25) is 0 Å². The van der Waals surface area contributed by atoms with Crippen LogP contribution in [0.5, 0.6) is 0 Å². The number of hydrogen-bond donors (Lipinski definition) is 4. The predicted molar refractivity (Wildman–Crippen MR) is 49.6 cm³/mol. The summed E-state index contributed by atoms with van der Waals surface area (Å²) in [5.74, 6) is 0.0978. The van der Waals surface area contributed by atoms with Crippen molar-refractivity contribution in [1.29, 1.82) is 0 Å². The van der Waals surface area contributed by atoms with Gasteiger partial charge in [0.1, 0.15) is 0 Å². The van der Waals surface area contributed by atoms with Crippen LogP contribution < -0.4 is 17.2 Å². The van der Waals surface area contributed by atoms with E-state index in [4.69, 9.17) is 22.3 Å². The van der Waals surface area contributed by atoms with E-state index >= 15 is 0 Å². The van der Waals surface area contributed by atoms with Crippen molar-refractivity contribution in [2.75, 3.05) is 6.54 Å². The molecule has 0 aliphatic heterocycles. The van der Waals surface area contributed by atoms with Gasteiger partial charge in [-0.15, -0.1) is 0 Å². The van der Waals surface area contributed by atoms with E-state index in [1.807, 2.05) is 0 Å². The van der Waals surface area contributed by atoms with Gasteiger partial charge in [0, 0.05) is 12.6 Å². The number of aliphatic hydroxyl groups is 1. The topological polar surface area (TPSA) is 111 Å². The van der Waals surface area contributed by atoms with Crippen molar-refractivity contribution in [2.45, 2.75) is 31.9 Å². The molecule has 0 heterocycles. The van der Waals surface area contributed by atoms with Crippen molar-refractivity contribution in [3.8, 4) is 0 Å². The zero-order valence-corrected chi connectivity index (χ0v) is 7.40. The number of rotatable bonds is 5. The molecule has 0 amide bonds. The Morgan fingerprint density at radius 2 is 2.08 bits per heavy atom. The van der Waals surface area contributed by atoms with E-state index in [1.54, 1.807) is 6.92 Å². The van der Waals surface area contributed by atoms with Gasteiger partial charge in [0.25, 0.3) is 0 Å². The maximum absolute atomic E-state index is 9.02. The highest BCUT2D eigenvalue weighted by Gasteiger charge is 2.07. The Hall–Kier alpha value is -0.810. The van der Waals surface area contributed by atoms with Crippen LogP contribution in [0.3, 0.4) is 0 Å². The molecule has 0 radical (unpaired) electrons. The Bertz CT molecular complexity index is 142. The molecule has 7 N–H and O–H groups in total. The van der Waals surface area contributed by atoms with Gasteiger partial charge >= 0.3 is 0 Å². The fourth-order valence-corrected chi connectivity index (χ4v) is 0.776. The molecule has 0 saturated carbocycles. The smallest absolute Gasteiger partial charge is 0.185 e. The lowest BCUT2D eigenvalue weighted by molar-refractivity contribution is 0.158. The third-order valence-electron chi connectivity index (χ3n) is 1.61. The molecule has 0 fully saturated rings. The van der Waals surface area contributed by atoms with E-state index in [9.17, 15) is 0 Å². The molecule has 2 atom stereocenters. The molecular weight excluding hydrogens is 156 g/mol. The molecule has 12 heavy (non-hydrogen) atoms. The Morgan fingerprint density at radius 3 is 2.50 bits per heavy atom. The van der Waals surface area contributed by atoms with Gasteiger partial charge in [-0.2, -0.15) is 0 Å². The third kappa shape index (κ3) is 5.94. The van der Waals surface area contributed by atoms with Gasteiger partial charge in [0.05, 0.1) is 6.10 Å². The zero-order chi connectivity index (χ0) is 9.56. The first kappa shape index (κ1) is 11.2. The van der Waals surface area contributed by atoms with Crippen molar-refractivity contribution in [1.82, 2.24) is 0 Å². The summed E-state index contributed by atoms with van der Waals surface area (Å²) in [6.07, 6.45) is 1.06. The van der Waals surface area contributed by atoms with E-state index in [2.05, 4.69) is 4.99 Å². The second kappa shape index (κ2) is 5.79. The lowest BCUT2D eigenvalue weighted by Crippen LogP contribution is -2.32. The highest BCUT2D eigenvalue weighted by molar-refractivity contribution is 5.75. The first-order valence-corrected chi connectivity index (χ1v) is 4.03. The number of aliphatic hydroxyl groups excluding tert-OH is 1. The van der Waals surface area contributed by atoms with Crippen molar-refractivity contribution < 1.29 is 5.11 Å². The van der Waals surface area contributed by atoms with Crippen LogP contribution in [-0.2, 0) is 0 Å². The average Bonchev–Trinajstić information content (AvgIpc) is 1.97. The second-order valence-electron chi connectivity index (χ2n) is 2.85. The number of nitrogens with zero attached hydrogens (tertiary/aromatic N) is 1. The normalized spacial score (nSPS) is 15.2. The minimum atomic E-state index is -0.468. The van der Waals surface area contributed by atoms with E-state index in [0.717, 1.165) is 12.8 Å². The minimum Gasteiger partial charge on any atom is -0.392 e. The molecule has 0 rings (SSSR count). The highest BCUT2D eigenvalue weighted by atomic mass is 16.3. The van der Waals surface area contributed by atoms with Crippen molar-refractivity contribution in [3.05, 3.63) is 0 Å². The Balaban J connectivity index is 3.38. The molecule has 1 unspecified atom stereocenters. The monoisotopic (exact) mass is 174 g/mol. The third-order valence-corrected chi connectivity index (χ3v) is 1.61. The summed E-state index contributed by atoms with van der Waals surface area (Å²) in [6.45, 7) is 2.24. The lowest BCUT2D eigenvalue weighted by atomic mass is 10.1. The number of hydrogen-bond acceptors (Lipinski definition) is 3. The summed E-state index contributed by atoms with van der Waals surface area (Å²) in [4.78, 5) is 3.79. The summed E-state index contributed by atoms with van der Waals surface area (Å²) in [6, 6.07) is -0.181. The Kier molecular flexibility index (Phi) is 5.40. The summed E-state index contributed by atoms with van der Waals surface area (Å²) < 4.78 is 0. The molecule has 0 aromatic carbocycles. The van der Waals surface area contributed by atoms with Crippen LogP contribution in [0.25, 0.3) is 0 Å². The summed E-state index contributed by atoms with van der Waals surface area (Å²) in [7, 11) is 0. The van der Waals surface area contributed by atoms with Gasteiger partial charge in [-0.3, -0.25) is 4.99 Å². The number of nitrogens with two attached hydrogens (primary N) is 3. The molecule has 0 aliphatic carbocycles. The van der Waals surface area contributed by atoms with Crippen LogP contribution in [0.4, 0.5) is 0 Å². The fourth-order valence-electron chi connectivity index (χ4n) is 0.776. The Morgan fingerprint density at radius 1 is 1.50 bits per heavy atom. The average molecular weight is 174 g/mol. The fraction of sp³-hybridized carbons (Fsp3) is 0.857. The Labute approximate surface area is 72.6 Å². The van der Waals surface area contributed by atoms with Crippen molar-refractivity contribution >= 4 is 5.96 Å². The summed E-state index contributed by atoms with van der Waals surface area (Å²) >= 11 is 0. The molecule has 0 spiro atoms. The van der Waals surface area contributed by atoms with Gasteiger partial charge in [-0.1, -0.05) is 0 Å². The molecule has 5 heteroatoms. The van der Waals surface area contributed by atoms with E-state index in [0.29, 0.717) is 6.54 Å². The van der Waals surface area contributed by atoms with Gasteiger partial charge in [-0.05, 0) is 19.8 Å². The molecule has 0 saturated heterocycles. The molecular formula is C7H18N4O. The first-order chi connectivity index (χ1) is 5.54. The predicted octanol–water partition coefficient (Wildman–Crippen LogP) is -1.25. The van der Waals surface area contributed by atoms with Gasteiger partial charge in [0.2, 0.25) is 0 Å². The van der Waals surface area contributed by atoms with Crippen LogP contribution >= 0.6 is 0 Å². The summed E-state index contributed by atoms with van der Waals surface area (Å²) in [5.41, 5.74) is 15.8. The molecule has 0 bridgehead atoms. The second-order valence-corrected chi connectivity index (χ2v) is 2.85. The van der Waals surface area contributed by atoms with E-state index in [1.165, 1.54) is 0 Å². The summed E-state index contributed by atoms with van der Waals surface area (Å²) in [5, 5.41) is 9.02. The van der Waals surface area contributed by atoms with Crippen LogP contribution in [0.15, 0.2) is 4.99 Å². The lowest BCUT2D eigenvalue weighted by Gasteiger charge is -2.12. The van der Waals surface area contributed by atoms with Crippen molar-refractivity contribution in [3.63, 3.8) is 0 Å². The van der Waals surface area contributed by atoms with Gasteiger partial charge in [0.15, 0.2) is 5.96 Å². The molecule has 72 valence electrons. The molecule has 0 aromatic heterocycles. The number of guanidine groups is 1. The van der Waals surface area contributed by atoms with Crippen LogP contribution in [-0.4, -0.2) is 29.8 Å². The zero-order valence-electron chi connectivity index (χ0n) is 7.40. The molecule has 0 aromatic rings.